The summed E-state index contributed by atoms with van der Waals surface area (Å²) in [6.45, 7) is 5.12. The zero-order valence-corrected chi connectivity index (χ0v) is 10.3. The third-order valence-electron chi connectivity index (χ3n) is 2.15. The van der Waals surface area contributed by atoms with Crippen LogP contribution in [0.25, 0.3) is 6.08 Å². The number of para-hydroxylation sites is 1. The van der Waals surface area contributed by atoms with Gasteiger partial charge in [0.2, 0.25) is 0 Å². The zero-order chi connectivity index (χ0) is 12.5. The summed E-state index contributed by atoms with van der Waals surface area (Å²) in [5.41, 5.74) is 0.994. The molecule has 1 N–H and O–H groups in total. The van der Waals surface area contributed by atoms with Crippen LogP contribution in [-0.2, 0) is 0 Å². The molecule has 3 heteroatoms. The van der Waals surface area contributed by atoms with Gasteiger partial charge in [0.1, 0.15) is 11.8 Å². The first kappa shape index (κ1) is 13.3. The second kappa shape index (κ2) is 7.48. The fourth-order valence-electron chi connectivity index (χ4n) is 1.35. The van der Waals surface area contributed by atoms with E-state index in [2.05, 4.69) is 25.2 Å². The van der Waals surface area contributed by atoms with Crippen LogP contribution in [0.1, 0.15) is 19.4 Å². The topological polar surface area (TPSA) is 45.0 Å². The second-order valence-electron chi connectivity index (χ2n) is 3.95. The van der Waals surface area contributed by atoms with E-state index in [1.807, 2.05) is 36.4 Å². The molecule has 1 rings (SSSR count). The van der Waals surface area contributed by atoms with Crippen LogP contribution in [0.5, 0.6) is 5.75 Å². The average molecular weight is 230 g/mol. The summed E-state index contributed by atoms with van der Waals surface area (Å²) in [6, 6.07) is 10.1. The molecule has 1 aromatic rings. The van der Waals surface area contributed by atoms with E-state index in [4.69, 9.17) is 10.00 Å². The molecule has 1 aromatic carbocycles. The van der Waals surface area contributed by atoms with Gasteiger partial charge in [0, 0.05) is 18.2 Å². The molecule has 3 nitrogen and oxygen atoms in total. The molecular formula is C14H18N2O. The summed E-state index contributed by atoms with van der Waals surface area (Å²) < 4.78 is 5.33. The largest absolute Gasteiger partial charge is 0.478 e. The fourth-order valence-corrected chi connectivity index (χ4v) is 1.35. The standard InChI is InChI=1S/C14H18N2O/c1-12(2)16-10-5-7-13-6-3-4-8-14(13)17-11-9-15/h3-8,12,16H,10-11H2,1-2H3. The predicted molar refractivity (Wildman–Crippen MR) is 69.7 cm³/mol. The van der Waals surface area contributed by atoms with Crippen molar-refractivity contribution in [3.8, 4) is 11.8 Å². The second-order valence-corrected chi connectivity index (χ2v) is 3.95. The Morgan fingerprint density at radius 2 is 2.18 bits per heavy atom. The van der Waals surface area contributed by atoms with Crippen LogP contribution < -0.4 is 10.1 Å². The van der Waals surface area contributed by atoms with Crippen LogP contribution in [0, 0.1) is 11.3 Å². The smallest absolute Gasteiger partial charge is 0.174 e. The lowest BCUT2D eigenvalue weighted by molar-refractivity contribution is 0.367. The molecule has 0 amide bonds. The number of benzene rings is 1. The number of hydrogen-bond donors (Lipinski definition) is 1. The van der Waals surface area contributed by atoms with Crippen molar-refractivity contribution in [1.29, 1.82) is 5.26 Å². The molecule has 0 aliphatic carbocycles. The number of ether oxygens (including phenoxy) is 1. The molecule has 0 bridgehead atoms. The van der Waals surface area contributed by atoms with E-state index in [1.54, 1.807) is 0 Å². The van der Waals surface area contributed by atoms with Crippen molar-refractivity contribution in [2.24, 2.45) is 0 Å². The van der Waals surface area contributed by atoms with E-state index < -0.39 is 0 Å². The third kappa shape index (κ3) is 5.19. The Kier molecular flexibility index (Phi) is 5.84. The fraction of sp³-hybridized carbons (Fsp3) is 0.357. The normalized spacial score (nSPS) is 10.7. The van der Waals surface area contributed by atoms with Gasteiger partial charge < -0.3 is 10.1 Å². The van der Waals surface area contributed by atoms with Gasteiger partial charge in [-0.05, 0) is 6.07 Å². The third-order valence-corrected chi connectivity index (χ3v) is 2.15. The summed E-state index contributed by atoms with van der Waals surface area (Å²) in [5.74, 6) is 0.745. The van der Waals surface area contributed by atoms with E-state index in [0.717, 1.165) is 17.9 Å². The Hall–Kier alpha value is -1.79. The zero-order valence-electron chi connectivity index (χ0n) is 10.3. The highest BCUT2D eigenvalue weighted by atomic mass is 16.5. The lowest BCUT2D eigenvalue weighted by Gasteiger charge is -2.06. The number of nitrogens with zero attached hydrogens (tertiary/aromatic N) is 1. The van der Waals surface area contributed by atoms with Crippen LogP contribution in [-0.4, -0.2) is 19.2 Å². The molecule has 0 unspecified atom stereocenters. The molecule has 0 atom stereocenters. The number of rotatable bonds is 6. The maximum Gasteiger partial charge on any atom is 0.174 e. The minimum atomic E-state index is 0.0785. The van der Waals surface area contributed by atoms with E-state index in [-0.39, 0.29) is 6.61 Å². The molecule has 0 spiro atoms. The van der Waals surface area contributed by atoms with Crippen molar-refractivity contribution in [2.45, 2.75) is 19.9 Å². The summed E-state index contributed by atoms with van der Waals surface area (Å²) in [5, 5.41) is 11.8. The first-order valence-corrected chi connectivity index (χ1v) is 5.72. The monoisotopic (exact) mass is 230 g/mol. The summed E-state index contributed by atoms with van der Waals surface area (Å²) in [4.78, 5) is 0. The minimum absolute atomic E-state index is 0.0785. The molecule has 90 valence electrons. The Morgan fingerprint density at radius 1 is 1.41 bits per heavy atom. The Balaban J connectivity index is 2.60. The molecule has 0 saturated heterocycles. The van der Waals surface area contributed by atoms with Gasteiger partial charge in [0.05, 0.1) is 0 Å². The number of nitriles is 1. The van der Waals surface area contributed by atoms with Gasteiger partial charge in [-0.2, -0.15) is 5.26 Å². The highest BCUT2D eigenvalue weighted by Gasteiger charge is 1.98. The van der Waals surface area contributed by atoms with Gasteiger partial charge in [0.15, 0.2) is 6.61 Å². The van der Waals surface area contributed by atoms with Gasteiger partial charge in [0.25, 0.3) is 0 Å². The van der Waals surface area contributed by atoms with Crippen molar-refractivity contribution < 1.29 is 4.74 Å². The lowest BCUT2D eigenvalue weighted by atomic mass is 10.2. The van der Waals surface area contributed by atoms with Crippen molar-refractivity contribution in [3.63, 3.8) is 0 Å². The van der Waals surface area contributed by atoms with Crippen LogP contribution in [0.3, 0.4) is 0 Å². The average Bonchev–Trinajstić information content (AvgIpc) is 2.33. The SMILES string of the molecule is CC(C)NCC=Cc1ccccc1OCC#N. The van der Waals surface area contributed by atoms with Gasteiger partial charge in [-0.25, -0.2) is 0 Å². The van der Waals surface area contributed by atoms with E-state index >= 15 is 0 Å². The van der Waals surface area contributed by atoms with Crippen LogP contribution in [0.4, 0.5) is 0 Å². The molecule has 0 saturated carbocycles. The van der Waals surface area contributed by atoms with Crippen molar-refractivity contribution in [2.75, 3.05) is 13.2 Å². The first-order valence-electron chi connectivity index (χ1n) is 5.72. The quantitative estimate of drug-likeness (QED) is 0.817. The lowest BCUT2D eigenvalue weighted by Crippen LogP contribution is -2.22. The van der Waals surface area contributed by atoms with Crippen molar-refractivity contribution >= 4 is 6.08 Å². The van der Waals surface area contributed by atoms with E-state index in [0.29, 0.717) is 6.04 Å². The van der Waals surface area contributed by atoms with Gasteiger partial charge in [-0.3, -0.25) is 0 Å². The number of nitrogens with one attached hydrogen (secondary N) is 1. The molecule has 0 radical (unpaired) electrons. The maximum atomic E-state index is 8.49. The summed E-state index contributed by atoms with van der Waals surface area (Å²) >= 11 is 0. The molecular weight excluding hydrogens is 212 g/mol. The van der Waals surface area contributed by atoms with Gasteiger partial charge in [-0.1, -0.05) is 44.2 Å². The minimum Gasteiger partial charge on any atom is -0.478 e. The molecule has 0 heterocycles. The summed E-state index contributed by atoms with van der Waals surface area (Å²) in [7, 11) is 0. The first-order chi connectivity index (χ1) is 8.24. The van der Waals surface area contributed by atoms with Crippen LogP contribution in [0.15, 0.2) is 30.3 Å². The molecule has 0 aromatic heterocycles. The molecule has 0 fully saturated rings. The Labute approximate surface area is 103 Å². The molecule has 0 aliphatic heterocycles. The highest BCUT2D eigenvalue weighted by molar-refractivity contribution is 5.57. The maximum absolute atomic E-state index is 8.49. The highest BCUT2D eigenvalue weighted by Crippen LogP contribution is 2.18. The van der Waals surface area contributed by atoms with Gasteiger partial charge in [-0.15, -0.1) is 0 Å². The van der Waals surface area contributed by atoms with E-state index in [1.165, 1.54) is 0 Å². The Bertz CT molecular complexity index is 405. The van der Waals surface area contributed by atoms with Gasteiger partial charge >= 0.3 is 0 Å². The van der Waals surface area contributed by atoms with Crippen molar-refractivity contribution in [1.82, 2.24) is 5.32 Å². The Morgan fingerprint density at radius 3 is 2.88 bits per heavy atom. The molecule has 0 aliphatic rings. The van der Waals surface area contributed by atoms with Crippen LogP contribution >= 0.6 is 0 Å². The predicted octanol–water partition coefficient (Wildman–Crippen LogP) is 2.60. The van der Waals surface area contributed by atoms with Crippen molar-refractivity contribution in [3.05, 3.63) is 35.9 Å². The molecule has 17 heavy (non-hydrogen) atoms. The number of hydrogen-bond acceptors (Lipinski definition) is 3. The van der Waals surface area contributed by atoms with E-state index in [9.17, 15) is 0 Å². The van der Waals surface area contributed by atoms with Crippen LogP contribution in [0.2, 0.25) is 0 Å². The summed E-state index contributed by atoms with van der Waals surface area (Å²) in [6.07, 6.45) is 4.05.